The average molecular weight is 497 g/mol. The van der Waals surface area contributed by atoms with Crippen molar-refractivity contribution in [3.8, 4) is 0 Å². The van der Waals surface area contributed by atoms with Crippen LogP contribution in [0.3, 0.4) is 0 Å². The number of alkyl halides is 3. The second-order valence-electron chi connectivity index (χ2n) is 9.15. The Morgan fingerprint density at radius 1 is 1.24 bits per heavy atom. The predicted octanol–water partition coefficient (Wildman–Crippen LogP) is 4.20. The molecule has 3 N–H and O–H groups in total. The maximum Gasteiger partial charge on any atom is 0.416 e. The van der Waals surface area contributed by atoms with Gasteiger partial charge in [0.2, 0.25) is 5.28 Å². The molecular weight excluding hydrogens is 473 g/mol. The predicted molar refractivity (Wildman–Crippen MR) is 119 cm³/mol. The van der Waals surface area contributed by atoms with Crippen LogP contribution in [-0.2, 0) is 24.0 Å². The molecule has 0 radical (unpaired) electrons. The molecule has 12 heteroatoms. The van der Waals surface area contributed by atoms with Crippen LogP contribution in [0.5, 0.6) is 0 Å². The average Bonchev–Trinajstić information content (AvgIpc) is 3.38. The van der Waals surface area contributed by atoms with Crippen LogP contribution in [-0.4, -0.2) is 51.1 Å². The van der Waals surface area contributed by atoms with Crippen molar-refractivity contribution in [2.24, 2.45) is 0 Å². The lowest BCUT2D eigenvalue weighted by Crippen LogP contribution is -2.64. The standard InChI is InChI=1S/C22H24ClF3N6O2/c1-12(13-5-14(22(24,25)26)7-15(27)6-13)28-18-16-8-31(9-17(16)29-19(23)30-18)20(33)32-10-21(11-32)3-2-4-34-21/h5-7,12H,2-4,8-11,27H2,1H3,(H,28,29,30)/t12-/m1/s1. The molecule has 0 bridgehead atoms. The number of benzene rings is 1. The molecule has 3 aliphatic rings. The summed E-state index contributed by atoms with van der Waals surface area (Å²) < 4.78 is 45.5. The quantitative estimate of drug-likeness (QED) is 0.488. The van der Waals surface area contributed by atoms with Gasteiger partial charge in [-0.25, -0.2) is 14.8 Å². The summed E-state index contributed by atoms with van der Waals surface area (Å²) in [5.74, 6) is 0.382. The number of nitrogens with two attached hydrogens (primary N) is 1. The zero-order valence-electron chi connectivity index (χ0n) is 18.5. The van der Waals surface area contributed by atoms with E-state index in [4.69, 9.17) is 22.1 Å². The highest BCUT2D eigenvalue weighted by Crippen LogP contribution is 2.38. The zero-order chi connectivity index (χ0) is 24.3. The van der Waals surface area contributed by atoms with Crippen LogP contribution in [0.15, 0.2) is 18.2 Å². The molecule has 2 amide bonds. The SMILES string of the molecule is C[C@@H](Nc1nc(Cl)nc2c1CN(C(=O)N1CC3(CCCO3)C1)C2)c1cc(N)cc(C(F)(F)F)c1. The van der Waals surface area contributed by atoms with Crippen molar-refractivity contribution in [3.63, 3.8) is 0 Å². The van der Waals surface area contributed by atoms with Crippen molar-refractivity contribution in [1.29, 1.82) is 0 Å². The van der Waals surface area contributed by atoms with E-state index in [2.05, 4.69) is 15.3 Å². The normalized spacial score (nSPS) is 19.8. The first-order valence-corrected chi connectivity index (χ1v) is 11.4. The fraction of sp³-hybridized carbons (Fsp3) is 0.500. The second-order valence-corrected chi connectivity index (χ2v) is 9.49. The number of aromatic nitrogens is 2. The molecule has 2 fully saturated rings. The molecule has 0 saturated carbocycles. The summed E-state index contributed by atoms with van der Waals surface area (Å²) in [5, 5.41) is 3.13. The molecule has 34 heavy (non-hydrogen) atoms. The number of likely N-dealkylation sites (tertiary alicyclic amines) is 1. The molecular formula is C22H24ClF3N6O2. The first-order valence-electron chi connectivity index (χ1n) is 11.0. The van der Waals surface area contributed by atoms with Crippen LogP contribution in [0, 0.1) is 0 Å². The van der Waals surface area contributed by atoms with Gasteiger partial charge >= 0.3 is 12.2 Å². The maximum atomic E-state index is 13.2. The minimum Gasteiger partial charge on any atom is -0.399 e. The Morgan fingerprint density at radius 3 is 2.68 bits per heavy atom. The van der Waals surface area contributed by atoms with Gasteiger partial charge in [-0.1, -0.05) is 0 Å². The van der Waals surface area contributed by atoms with Gasteiger partial charge in [0.15, 0.2) is 0 Å². The van der Waals surface area contributed by atoms with E-state index < -0.39 is 17.8 Å². The summed E-state index contributed by atoms with van der Waals surface area (Å²) in [4.78, 5) is 25.0. The second kappa shape index (κ2) is 8.16. The number of hydrogen-bond donors (Lipinski definition) is 2. The first kappa shape index (κ1) is 23.0. The lowest BCUT2D eigenvalue weighted by molar-refractivity contribution is -0.137. The minimum absolute atomic E-state index is 0.00596. The topological polar surface area (TPSA) is 96.6 Å². The summed E-state index contributed by atoms with van der Waals surface area (Å²) in [6.45, 7) is 4.14. The Hall–Kier alpha value is -2.79. The maximum absolute atomic E-state index is 13.2. The fourth-order valence-corrected chi connectivity index (χ4v) is 5.03. The third kappa shape index (κ3) is 4.22. The zero-order valence-corrected chi connectivity index (χ0v) is 19.2. The van der Waals surface area contributed by atoms with Crippen molar-refractivity contribution >= 4 is 29.1 Å². The van der Waals surface area contributed by atoms with Gasteiger partial charge < -0.3 is 25.6 Å². The van der Waals surface area contributed by atoms with E-state index in [9.17, 15) is 18.0 Å². The van der Waals surface area contributed by atoms with Crippen LogP contribution in [0.2, 0.25) is 5.28 Å². The van der Waals surface area contributed by atoms with Gasteiger partial charge in [-0.3, -0.25) is 0 Å². The highest BCUT2D eigenvalue weighted by Gasteiger charge is 2.49. The molecule has 182 valence electrons. The van der Waals surface area contributed by atoms with Crippen LogP contribution in [0.1, 0.15) is 48.2 Å². The van der Waals surface area contributed by atoms with E-state index in [0.717, 1.165) is 31.6 Å². The summed E-state index contributed by atoms with van der Waals surface area (Å²) in [6.07, 6.45) is -2.54. The molecule has 1 spiro atoms. The highest BCUT2D eigenvalue weighted by molar-refractivity contribution is 6.28. The van der Waals surface area contributed by atoms with Gasteiger partial charge in [-0.2, -0.15) is 13.2 Å². The Labute approximate surface area is 199 Å². The largest absolute Gasteiger partial charge is 0.416 e. The molecule has 2 saturated heterocycles. The van der Waals surface area contributed by atoms with Crippen molar-refractivity contribution in [1.82, 2.24) is 19.8 Å². The smallest absolute Gasteiger partial charge is 0.399 e. The van der Waals surface area contributed by atoms with Gasteiger partial charge in [0.25, 0.3) is 0 Å². The molecule has 8 nitrogen and oxygen atoms in total. The number of nitrogens with one attached hydrogen (secondary N) is 1. The number of halogens is 4. The number of anilines is 2. The van der Waals surface area contributed by atoms with Gasteiger partial charge in [0, 0.05) is 17.9 Å². The number of fused-ring (bicyclic) bond motifs is 1. The van der Waals surface area contributed by atoms with Crippen LogP contribution >= 0.6 is 11.6 Å². The van der Waals surface area contributed by atoms with E-state index in [1.54, 1.807) is 16.7 Å². The molecule has 1 atom stereocenters. The lowest BCUT2D eigenvalue weighted by atomic mass is 9.91. The van der Waals surface area contributed by atoms with Crippen molar-refractivity contribution in [3.05, 3.63) is 45.9 Å². The summed E-state index contributed by atoms with van der Waals surface area (Å²) in [7, 11) is 0. The number of ether oxygens (including phenoxy) is 1. The van der Waals surface area contributed by atoms with Crippen LogP contribution < -0.4 is 11.1 Å². The molecule has 0 unspecified atom stereocenters. The number of urea groups is 1. The van der Waals surface area contributed by atoms with Crippen LogP contribution in [0.25, 0.3) is 0 Å². The van der Waals surface area contributed by atoms with Gasteiger partial charge in [0.1, 0.15) is 11.4 Å². The minimum atomic E-state index is -4.51. The van der Waals surface area contributed by atoms with Crippen molar-refractivity contribution in [2.45, 2.75) is 50.7 Å². The molecule has 3 aliphatic heterocycles. The van der Waals surface area contributed by atoms with E-state index in [1.165, 1.54) is 6.07 Å². The molecule has 1 aromatic carbocycles. The van der Waals surface area contributed by atoms with Gasteiger partial charge in [0.05, 0.1) is 43.5 Å². The molecule has 1 aromatic heterocycles. The Balaban J connectivity index is 1.32. The summed E-state index contributed by atoms with van der Waals surface area (Å²) >= 11 is 6.12. The summed E-state index contributed by atoms with van der Waals surface area (Å²) in [5.41, 5.74) is 6.36. The van der Waals surface area contributed by atoms with Crippen LogP contribution in [0.4, 0.5) is 29.5 Å². The number of carbonyl (C=O) groups excluding carboxylic acids is 1. The lowest BCUT2D eigenvalue weighted by Gasteiger charge is -2.47. The van der Waals surface area contributed by atoms with Gasteiger partial charge in [-0.05, 0) is 55.1 Å². The molecule has 0 aliphatic carbocycles. The molecule has 2 aromatic rings. The first-order chi connectivity index (χ1) is 16.0. The van der Waals surface area contributed by atoms with E-state index in [-0.39, 0.29) is 35.7 Å². The number of nitrogens with zero attached hydrogens (tertiary/aromatic N) is 4. The molecule has 4 heterocycles. The van der Waals surface area contributed by atoms with Crippen molar-refractivity contribution < 1.29 is 22.7 Å². The number of carbonyl (C=O) groups is 1. The number of rotatable bonds is 3. The monoisotopic (exact) mass is 496 g/mol. The Kier molecular flexibility index (Phi) is 5.51. The van der Waals surface area contributed by atoms with E-state index in [1.807, 2.05) is 0 Å². The number of nitrogen functional groups attached to an aromatic ring is 1. The van der Waals surface area contributed by atoms with E-state index >= 15 is 0 Å². The Bertz CT molecular complexity index is 1130. The highest BCUT2D eigenvalue weighted by atomic mass is 35.5. The van der Waals surface area contributed by atoms with E-state index in [0.29, 0.717) is 35.7 Å². The Morgan fingerprint density at radius 2 is 2.00 bits per heavy atom. The fourth-order valence-electron chi connectivity index (χ4n) is 4.85. The third-order valence-electron chi connectivity index (χ3n) is 6.60. The summed E-state index contributed by atoms with van der Waals surface area (Å²) in [6, 6.07) is 2.77. The van der Waals surface area contributed by atoms with Crippen molar-refractivity contribution in [2.75, 3.05) is 30.7 Å². The number of hydrogen-bond acceptors (Lipinski definition) is 6. The number of amides is 2. The van der Waals surface area contributed by atoms with Gasteiger partial charge in [-0.15, -0.1) is 0 Å². The molecule has 5 rings (SSSR count). The third-order valence-corrected chi connectivity index (χ3v) is 6.77.